The molecule has 0 N–H and O–H groups in total. The average molecular weight is 892 g/mol. The number of unbranched alkanes of at least 4 members (excludes halogenated alkanes) is 38. The molecule has 0 aromatic rings. The number of ether oxygens (including phenoxy) is 3. The predicted molar refractivity (Wildman–Crippen MR) is 270 cm³/mol. The molecular formula is C57H110O6. The summed E-state index contributed by atoms with van der Waals surface area (Å²) in [6.45, 7) is 9.09. The second-order valence-electron chi connectivity index (χ2n) is 19.8. The molecule has 0 heterocycles. The van der Waals surface area contributed by atoms with E-state index >= 15 is 0 Å². The van der Waals surface area contributed by atoms with Crippen LogP contribution in [0.5, 0.6) is 0 Å². The van der Waals surface area contributed by atoms with Crippen LogP contribution in [0.25, 0.3) is 0 Å². The number of carbonyl (C=O) groups excluding carboxylic acids is 3. The summed E-state index contributed by atoms with van der Waals surface area (Å²) in [6, 6.07) is 0. The fraction of sp³-hybridized carbons (Fsp3) is 0.947. The molecule has 2 atom stereocenters. The monoisotopic (exact) mass is 891 g/mol. The number of rotatable bonds is 52. The van der Waals surface area contributed by atoms with Crippen LogP contribution in [0.3, 0.4) is 0 Å². The van der Waals surface area contributed by atoms with Crippen molar-refractivity contribution in [3.05, 3.63) is 0 Å². The quantitative estimate of drug-likeness (QED) is 0.0344. The first kappa shape index (κ1) is 61.4. The summed E-state index contributed by atoms with van der Waals surface area (Å²) in [4.78, 5) is 38.0. The Balaban J connectivity index is 4.21. The highest BCUT2D eigenvalue weighted by Gasteiger charge is 2.19. The lowest BCUT2D eigenvalue weighted by Crippen LogP contribution is -2.30. The second kappa shape index (κ2) is 51.4. The van der Waals surface area contributed by atoms with Gasteiger partial charge in [-0.05, 0) is 25.2 Å². The lowest BCUT2D eigenvalue weighted by atomic mass is 9.99. The van der Waals surface area contributed by atoms with Crippen LogP contribution in [-0.2, 0) is 28.6 Å². The number of esters is 3. The summed E-state index contributed by atoms with van der Waals surface area (Å²) in [5, 5.41) is 0. The van der Waals surface area contributed by atoms with Crippen molar-refractivity contribution in [2.75, 3.05) is 13.2 Å². The van der Waals surface area contributed by atoms with E-state index in [-0.39, 0.29) is 31.1 Å². The topological polar surface area (TPSA) is 78.9 Å². The molecule has 0 amide bonds. The van der Waals surface area contributed by atoms with E-state index in [2.05, 4.69) is 27.7 Å². The minimum atomic E-state index is -0.760. The van der Waals surface area contributed by atoms with E-state index < -0.39 is 6.10 Å². The van der Waals surface area contributed by atoms with Crippen molar-refractivity contribution in [2.45, 2.75) is 329 Å². The Kier molecular flexibility index (Phi) is 50.1. The van der Waals surface area contributed by atoms with Gasteiger partial charge in [0.1, 0.15) is 13.2 Å². The largest absolute Gasteiger partial charge is 0.462 e. The fourth-order valence-corrected chi connectivity index (χ4v) is 8.72. The maximum atomic E-state index is 12.8. The normalized spacial score (nSPS) is 12.4. The Morgan fingerprint density at radius 1 is 0.317 bits per heavy atom. The molecule has 0 aliphatic rings. The summed E-state index contributed by atoms with van der Waals surface area (Å²) in [6.07, 6.45) is 55.2. The van der Waals surface area contributed by atoms with Crippen molar-refractivity contribution in [3.63, 3.8) is 0 Å². The van der Waals surface area contributed by atoms with Crippen molar-refractivity contribution in [1.82, 2.24) is 0 Å². The molecule has 6 heteroatoms. The first-order valence-electron chi connectivity index (χ1n) is 28.4. The Bertz CT molecular complexity index is 951. The van der Waals surface area contributed by atoms with Gasteiger partial charge in [0.2, 0.25) is 0 Å². The molecule has 0 aromatic carbocycles. The standard InChI is InChI=1S/C57H110O6/c1-5-8-10-12-14-16-18-29-33-37-41-45-49-56(59)62-52-54(51-61-55(58)48-44-40-36-32-27-17-15-13-11-9-6-2)63-57(60)50-46-42-38-34-30-26-24-22-20-19-21-23-25-28-31-35-39-43-47-53(4)7-3/h53-54H,5-52H2,1-4H3/t53?,54-/m1/s1. The molecule has 0 aliphatic carbocycles. The van der Waals surface area contributed by atoms with Gasteiger partial charge in [0.15, 0.2) is 6.10 Å². The third-order valence-electron chi connectivity index (χ3n) is 13.4. The van der Waals surface area contributed by atoms with Crippen LogP contribution in [0.1, 0.15) is 323 Å². The smallest absolute Gasteiger partial charge is 0.306 e. The number of hydrogen-bond donors (Lipinski definition) is 0. The Labute approximate surface area is 393 Å². The lowest BCUT2D eigenvalue weighted by molar-refractivity contribution is -0.167. The van der Waals surface area contributed by atoms with E-state index in [0.29, 0.717) is 19.3 Å². The highest BCUT2D eigenvalue weighted by molar-refractivity contribution is 5.71. The van der Waals surface area contributed by atoms with Gasteiger partial charge in [-0.3, -0.25) is 14.4 Å². The van der Waals surface area contributed by atoms with E-state index in [9.17, 15) is 14.4 Å². The SMILES string of the molecule is CCCCCCCCCCCCCCC(=O)OC[C@@H](COC(=O)CCCCCCCCCCCCC)OC(=O)CCCCCCCCCCCCCCCCCCCCC(C)CC. The van der Waals surface area contributed by atoms with E-state index in [4.69, 9.17) is 14.2 Å². The summed E-state index contributed by atoms with van der Waals surface area (Å²) >= 11 is 0. The molecule has 0 saturated heterocycles. The van der Waals surface area contributed by atoms with Crippen molar-refractivity contribution < 1.29 is 28.6 Å². The van der Waals surface area contributed by atoms with E-state index in [1.807, 2.05) is 0 Å². The van der Waals surface area contributed by atoms with Crippen LogP contribution in [0.4, 0.5) is 0 Å². The van der Waals surface area contributed by atoms with Crippen LogP contribution in [0, 0.1) is 5.92 Å². The molecule has 374 valence electrons. The van der Waals surface area contributed by atoms with Gasteiger partial charge >= 0.3 is 17.9 Å². The Morgan fingerprint density at radius 3 is 0.825 bits per heavy atom. The summed E-state index contributed by atoms with van der Waals surface area (Å²) in [5.41, 5.74) is 0. The third-order valence-corrected chi connectivity index (χ3v) is 13.4. The maximum Gasteiger partial charge on any atom is 0.306 e. The average Bonchev–Trinajstić information content (AvgIpc) is 3.28. The molecule has 0 saturated carbocycles. The van der Waals surface area contributed by atoms with E-state index in [1.54, 1.807) is 0 Å². The van der Waals surface area contributed by atoms with Gasteiger partial charge < -0.3 is 14.2 Å². The fourth-order valence-electron chi connectivity index (χ4n) is 8.72. The number of hydrogen-bond acceptors (Lipinski definition) is 6. The van der Waals surface area contributed by atoms with Crippen LogP contribution in [0.15, 0.2) is 0 Å². The first-order chi connectivity index (χ1) is 30.9. The summed E-state index contributed by atoms with van der Waals surface area (Å²) in [7, 11) is 0. The van der Waals surface area contributed by atoms with Crippen molar-refractivity contribution in [2.24, 2.45) is 5.92 Å². The van der Waals surface area contributed by atoms with Crippen molar-refractivity contribution in [1.29, 1.82) is 0 Å². The predicted octanol–water partition coefficient (Wildman–Crippen LogP) is 18.6. The highest BCUT2D eigenvalue weighted by Crippen LogP contribution is 2.18. The maximum absolute atomic E-state index is 12.8. The Hall–Kier alpha value is -1.59. The van der Waals surface area contributed by atoms with Gasteiger partial charge in [-0.25, -0.2) is 0 Å². The first-order valence-corrected chi connectivity index (χ1v) is 28.4. The molecule has 0 radical (unpaired) electrons. The van der Waals surface area contributed by atoms with Crippen LogP contribution < -0.4 is 0 Å². The van der Waals surface area contributed by atoms with Gasteiger partial charge in [0.05, 0.1) is 0 Å². The van der Waals surface area contributed by atoms with Gasteiger partial charge in [-0.1, -0.05) is 285 Å². The zero-order chi connectivity index (χ0) is 45.9. The lowest BCUT2D eigenvalue weighted by Gasteiger charge is -2.18. The molecule has 0 bridgehead atoms. The molecule has 0 rings (SSSR count). The number of carbonyl (C=O) groups is 3. The molecule has 0 aliphatic heterocycles. The van der Waals surface area contributed by atoms with Crippen molar-refractivity contribution in [3.8, 4) is 0 Å². The summed E-state index contributed by atoms with van der Waals surface area (Å²) in [5.74, 6) is 0.0702. The van der Waals surface area contributed by atoms with Crippen LogP contribution in [0.2, 0.25) is 0 Å². The zero-order valence-corrected chi connectivity index (χ0v) is 43.0. The van der Waals surface area contributed by atoms with Gasteiger partial charge in [-0.15, -0.1) is 0 Å². The van der Waals surface area contributed by atoms with Gasteiger partial charge in [0, 0.05) is 19.3 Å². The molecule has 0 aromatic heterocycles. The molecule has 63 heavy (non-hydrogen) atoms. The third kappa shape index (κ3) is 49.7. The van der Waals surface area contributed by atoms with Crippen LogP contribution >= 0.6 is 0 Å². The van der Waals surface area contributed by atoms with E-state index in [1.165, 1.54) is 218 Å². The molecule has 1 unspecified atom stereocenters. The zero-order valence-electron chi connectivity index (χ0n) is 43.0. The molecular weight excluding hydrogens is 781 g/mol. The van der Waals surface area contributed by atoms with Gasteiger partial charge in [0.25, 0.3) is 0 Å². The minimum Gasteiger partial charge on any atom is -0.462 e. The Morgan fingerprint density at radius 2 is 0.556 bits per heavy atom. The minimum absolute atomic E-state index is 0.0621. The second-order valence-corrected chi connectivity index (χ2v) is 19.8. The molecule has 6 nitrogen and oxygen atoms in total. The van der Waals surface area contributed by atoms with E-state index in [0.717, 1.165) is 63.7 Å². The van der Waals surface area contributed by atoms with Crippen molar-refractivity contribution >= 4 is 17.9 Å². The summed E-state index contributed by atoms with van der Waals surface area (Å²) < 4.78 is 16.8. The molecule has 0 fully saturated rings. The highest BCUT2D eigenvalue weighted by atomic mass is 16.6. The molecule has 0 spiro atoms. The van der Waals surface area contributed by atoms with Gasteiger partial charge in [-0.2, -0.15) is 0 Å². The van der Waals surface area contributed by atoms with Crippen LogP contribution in [-0.4, -0.2) is 37.2 Å².